The van der Waals surface area contributed by atoms with E-state index in [0.29, 0.717) is 25.4 Å². The number of nitrogens with zero attached hydrogens (tertiary/aromatic N) is 1. The van der Waals surface area contributed by atoms with E-state index in [1.807, 2.05) is 30.3 Å². The number of hydrogen-bond acceptors (Lipinski definition) is 10. The number of fused-ring (bicyclic) bond motifs is 2. The normalized spacial score (nSPS) is 21.9. The number of amides is 1. The molecule has 12 nitrogen and oxygen atoms in total. The van der Waals surface area contributed by atoms with Crippen LogP contribution < -0.4 is 19.5 Å². The van der Waals surface area contributed by atoms with E-state index >= 15 is 0 Å². The smallest absolute Gasteiger partial charge is 0.489 e. The molecule has 3 aromatic carbocycles. The minimum absolute atomic E-state index is 0.0168. The van der Waals surface area contributed by atoms with Crippen molar-refractivity contribution in [1.29, 1.82) is 0 Å². The number of sulfonamides is 1. The highest BCUT2D eigenvalue weighted by Crippen LogP contribution is 2.42. The predicted octanol–water partition coefficient (Wildman–Crippen LogP) is 4.69. The summed E-state index contributed by atoms with van der Waals surface area (Å²) >= 11 is 0. The molecule has 0 aliphatic carbocycles. The van der Waals surface area contributed by atoms with Gasteiger partial charge < -0.3 is 38.8 Å². The Kier molecular flexibility index (Phi) is 10.8. The molecule has 3 aromatic rings. The molecule has 0 spiro atoms. The molecule has 0 aromatic heterocycles. The van der Waals surface area contributed by atoms with Crippen LogP contribution in [0.5, 0.6) is 17.2 Å². The highest BCUT2D eigenvalue weighted by Gasteiger charge is 2.45. The van der Waals surface area contributed by atoms with Crippen molar-refractivity contribution >= 4 is 16.1 Å². The number of benzene rings is 3. The van der Waals surface area contributed by atoms with Gasteiger partial charge in [0.2, 0.25) is 10.0 Å². The molecule has 270 valence electrons. The van der Waals surface area contributed by atoms with Gasteiger partial charge >= 0.3 is 12.4 Å². The molecule has 0 saturated carbocycles. The Morgan fingerprint density at radius 2 is 1.74 bits per heavy atom. The van der Waals surface area contributed by atoms with Crippen molar-refractivity contribution < 1.29 is 55.5 Å². The maximum absolute atomic E-state index is 13.9. The zero-order valence-corrected chi connectivity index (χ0v) is 28.4. The summed E-state index contributed by atoms with van der Waals surface area (Å²) in [7, 11) is -4.35. The topological polar surface area (TPSA) is 142 Å². The minimum atomic E-state index is -4.35. The van der Waals surface area contributed by atoms with Crippen LogP contribution in [0.4, 0.5) is 13.6 Å². The lowest BCUT2D eigenvalue weighted by Crippen LogP contribution is -2.51. The van der Waals surface area contributed by atoms with E-state index in [-0.39, 0.29) is 42.1 Å². The number of carbonyl (C=O) groups is 1. The molecule has 2 unspecified atom stereocenters. The molecule has 0 radical (unpaired) electrons. The van der Waals surface area contributed by atoms with Crippen molar-refractivity contribution in [2.75, 3.05) is 26.3 Å². The molecule has 3 aliphatic heterocycles. The predicted molar refractivity (Wildman–Crippen MR) is 174 cm³/mol. The Balaban J connectivity index is 1.19. The Morgan fingerprint density at radius 3 is 2.48 bits per heavy atom. The van der Waals surface area contributed by atoms with E-state index in [1.54, 1.807) is 38.1 Å². The van der Waals surface area contributed by atoms with Crippen molar-refractivity contribution in [2.45, 2.75) is 69.0 Å². The van der Waals surface area contributed by atoms with Gasteiger partial charge in [-0.1, -0.05) is 56.3 Å². The molecule has 0 bridgehead atoms. The molecule has 1 amide bonds. The van der Waals surface area contributed by atoms with Crippen LogP contribution >= 0.6 is 0 Å². The van der Waals surface area contributed by atoms with Crippen molar-refractivity contribution in [3.63, 3.8) is 0 Å². The van der Waals surface area contributed by atoms with Gasteiger partial charge in [-0.3, -0.25) is 0 Å². The molecule has 2 N–H and O–H groups in total. The average molecular weight is 719 g/mol. The van der Waals surface area contributed by atoms with E-state index < -0.39 is 59.2 Å². The summed E-state index contributed by atoms with van der Waals surface area (Å²) in [6, 6.07) is 19.0. The zero-order valence-electron chi connectivity index (χ0n) is 27.6. The summed E-state index contributed by atoms with van der Waals surface area (Å²) in [4.78, 5) is 12.9. The van der Waals surface area contributed by atoms with Gasteiger partial charge in [-0.15, -0.1) is 8.78 Å². The highest BCUT2D eigenvalue weighted by molar-refractivity contribution is 7.89. The fourth-order valence-corrected chi connectivity index (χ4v) is 7.76. The Labute approximate surface area is 289 Å². The molecule has 3 aliphatic rings. The second kappa shape index (κ2) is 15.1. The molecule has 5 atom stereocenters. The van der Waals surface area contributed by atoms with E-state index in [0.717, 1.165) is 33.6 Å². The quantitative estimate of drug-likeness (QED) is 0.241. The zero-order chi connectivity index (χ0) is 35.5. The lowest BCUT2D eigenvalue weighted by atomic mass is 10.0. The van der Waals surface area contributed by atoms with Crippen molar-refractivity contribution in [1.82, 2.24) is 9.62 Å². The van der Waals surface area contributed by atoms with Crippen molar-refractivity contribution in [3.8, 4) is 17.2 Å². The summed E-state index contributed by atoms with van der Waals surface area (Å²) in [5, 5.41) is 14.4. The minimum Gasteiger partial charge on any atom is -0.489 e. The maximum Gasteiger partial charge on any atom is 0.586 e. The van der Waals surface area contributed by atoms with Gasteiger partial charge in [-0.05, 0) is 54.2 Å². The Morgan fingerprint density at radius 1 is 1.00 bits per heavy atom. The second-order valence-corrected chi connectivity index (χ2v) is 14.8. The number of ether oxygens (including phenoxy) is 6. The summed E-state index contributed by atoms with van der Waals surface area (Å²) in [6.07, 6.45) is -6.34. The van der Waals surface area contributed by atoms with Crippen LogP contribution in [0.3, 0.4) is 0 Å². The number of halogens is 2. The number of hydrogen-bond donors (Lipinski definition) is 2. The summed E-state index contributed by atoms with van der Waals surface area (Å²) in [6.45, 7) is 4.19. The third-order valence-electron chi connectivity index (χ3n) is 8.61. The first-order valence-electron chi connectivity index (χ1n) is 16.4. The average Bonchev–Trinajstić information content (AvgIpc) is 3.78. The van der Waals surface area contributed by atoms with Crippen LogP contribution in [0.25, 0.3) is 0 Å². The fourth-order valence-electron chi connectivity index (χ4n) is 6.12. The van der Waals surface area contributed by atoms with Crippen LogP contribution in [-0.2, 0) is 37.3 Å². The van der Waals surface area contributed by atoms with Crippen LogP contribution in [0.15, 0.2) is 77.7 Å². The van der Waals surface area contributed by atoms with Gasteiger partial charge in [0.25, 0.3) is 0 Å². The molecule has 15 heteroatoms. The van der Waals surface area contributed by atoms with Gasteiger partial charge in [0.15, 0.2) is 17.8 Å². The summed E-state index contributed by atoms with van der Waals surface area (Å²) in [5.41, 5.74) is 1.73. The SMILES string of the molecule is CC(C)CN(C[C@@H](O)[C@H](Cc1ccc(OCc2ccccc2)cc1)NC(=O)O[C@H]1COC2OCCC21)S(=O)(=O)c1ccc2c(c1)OC(F)(F)O2. The summed E-state index contributed by atoms with van der Waals surface area (Å²) in [5.74, 6) is -0.399. The molecular formula is C35H40F2N2O10S. The molecular weight excluding hydrogens is 678 g/mol. The molecule has 6 rings (SSSR count). The standard InChI is InChI=1S/C35H40F2N2O10S/c1-22(2)18-39(50(42,43)26-12-13-30-31(17-26)49-35(36,37)48-30)19-29(40)28(38-34(41)47-32-21-46-33-27(32)14-15-44-33)16-23-8-10-25(11-9-23)45-20-24-6-4-3-5-7-24/h3-13,17,22,27-29,32-33,40H,14-16,18-21H2,1-2H3,(H,38,41)/t27?,28-,29+,32-,33?/m0/s1. The van der Waals surface area contributed by atoms with Gasteiger partial charge in [0, 0.05) is 19.2 Å². The van der Waals surface area contributed by atoms with Gasteiger partial charge in [-0.2, -0.15) is 4.31 Å². The van der Waals surface area contributed by atoms with Crippen LogP contribution in [0.2, 0.25) is 0 Å². The number of aliphatic hydroxyl groups excluding tert-OH is 1. The first-order chi connectivity index (χ1) is 23.9. The van der Waals surface area contributed by atoms with Crippen LogP contribution in [-0.4, -0.2) is 81.1 Å². The van der Waals surface area contributed by atoms with Crippen molar-refractivity contribution in [3.05, 3.63) is 83.9 Å². The first kappa shape index (κ1) is 35.8. The largest absolute Gasteiger partial charge is 0.586 e. The lowest BCUT2D eigenvalue weighted by molar-refractivity contribution is -0.286. The summed E-state index contributed by atoms with van der Waals surface area (Å²) < 4.78 is 87.7. The fraction of sp³-hybridized carbons (Fsp3) is 0.457. The molecule has 2 fully saturated rings. The van der Waals surface area contributed by atoms with Crippen molar-refractivity contribution in [2.24, 2.45) is 11.8 Å². The van der Waals surface area contributed by atoms with Gasteiger partial charge in [0.1, 0.15) is 18.5 Å². The number of alkyl halides is 2. The van der Waals surface area contributed by atoms with Crippen LogP contribution in [0, 0.1) is 11.8 Å². The molecule has 2 saturated heterocycles. The van der Waals surface area contributed by atoms with E-state index in [2.05, 4.69) is 14.8 Å². The van der Waals surface area contributed by atoms with Gasteiger partial charge in [0.05, 0.1) is 36.2 Å². The third-order valence-corrected chi connectivity index (χ3v) is 10.4. The monoisotopic (exact) mass is 718 g/mol. The number of carbonyl (C=O) groups excluding carboxylic acids is 1. The third kappa shape index (κ3) is 8.64. The van der Waals surface area contributed by atoms with E-state index in [4.69, 9.17) is 18.9 Å². The second-order valence-electron chi connectivity index (χ2n) is 12.9. The van der Waals surface area contributed by atoms with Crippen LogP contribution in [0.1, 0.15) is 31.4 Å². The number of alkyl carbamates (subject to hydrolysis) is 1. The molecule has 3 heterocycles. The van der Waals surface area contributed by atoms with E-state index in [1.165, 1.54) is 0 Å². The Hall–Kier alpha value is -4.02. The lowest BCUT2D eigenvalue weighted by Gasteiger charge is -2.31. The van der Waals surface area contributed by atoms with Gasteiger partial charge in [-0.25, -0.2) is 13.2 Å². The van der Waals surface area contributed by atoms with E-state index in [9.17, 15) is 27.1 Å². The molecule has 50 heavy (non-hydrogen) atoms. The number of rotatable bonds is 14. The Bertz CT molecular complexity index is 1730. The number of aliphatic hydroxyl groups is 1. The maximum atomic E-state index is 13.9. The highest BCUT2D eigenvalue weighted by atomic mass is 32.2. The number of nitrogens with one attached hydrogen (secondary N) is 1. The first-order valence-corrected chi connectivity index (χ1v) is 17.8.